The quantitative estimate of drug-likeness (QED) is 0.190. The lowest BCUT2D eigenvalue weighted by molar-refractivity contribution is -0.133. The first-order chi connectivity index (χ1) is 13.5. The van der Waals surface area contributed by atoms with E-state index in [1.54, 1.807) is 13.1 Å². The molecule has 1 amide bonds. The lowest BCUT2D eigenvalue weighted by atomic mass is 9.58. The molecule has 2 rings (SSSR count). The Bertz CT molecular complexity index is 658. The zero-order valence-electron chi connectivity index (χ0n) is 18.3. The number of carbonyl (C=O) groups is 1. The van der Waals surface area contributed by atoms with E-state index in [0.717, 1.165) is 50.4 Å². The van der Waals surface area contributed by atoms with Gasteiger partial charge in [0.2, 0.25) is 0 Å². The number of aryl methyl sites for hydroxylation is 1. The first kappa shape index (κ1) is 25.7. The van der Waals surface area contributed by atoms with Crippen molar-refractivity contribution in [3.05, 3.63) is 23.7 Å². The highest BCUT2D eigenvalue weighted by molar-refractivity contribution is 14.0. The van der Waals surface area contributed by atoms with Gasteiger partial charge in [-0.1, -0.05) is 13.8 Å². The monoisotopic (exact) mass is 520 g/mol. The number of rotatable bonds is 10. The Labute approximate surface area is 191 Å². The summed E-state index contributed by atoms with van der Waals surface area (Å²) in [4.78, 5) is 16.4. The van der Waals surface area contributed by atoms with Gasteiger partial charge in [0.05, 0.1) is 12.4 Å². The van der Waals surface area contributed by atoms with Crippen LogP contribution in [0.25, 0.3) is 0 Å². The summed E-state index contributed by atoms with van der Waals surface area (Å²) in [5, 5.41) is 9.80. The third kappa shape index (κ3) is 6.10. The second-order valence-electron chi connectivity index (χ2n) is 7.36. The van der Waals surface area contributed by atoms with E-state index in [2.05, 4.69) is 41.7 Å². The Balaban J connectivity index is 0.00000420. The van der Waals surface area contributed by atoms with Crippen molar-refractivity contribution in [3.8, 4) is 0 Å². The average molecular weight is 520 g/mol. The van der Waals surface area contributed by atoms with Gasteiger partial charge in [0, 0.05) is 43.8 Å². The Morgan fingerprint density at radius 2 is 1.97 bits per heavy atom. The van der Waals surface area contributed by atoms with Gasteiger partial charge in [-0.3, -0.25) is 9.79 Å². The number of nitrogens with one attached hydrogen (secondary N) is 3. The maximum absolute atomic E-state index is 12.0. The van der Waals surface area contributed by atoms with Crippen molar-refractivity contribution in [1.29, 1.82) is 0 Å². The molecule has 2 unspecified atom stereocenters. The fourth-order valence-electron chi connectivity index (χ4n) is 4.13. The summed E-state index contributed by atoms with van der Waals surface area (Å²) in [5.41, 5.74) is 1.02. The van der Waals surface area contributed by atoms with Crippen LogP contribution >= 0.6 is 24.0 Å². The summed E-state index contributed by atoms with van der Waals surface area (Å²) in [7, 11) is 1.79. The van der Waals surface area contributed by atoms with Crippen LogP contribution in [0.15, 0.2) is 21.7 Å². The molecule has 0 bridgehead atoms. The van der Waals surface area contributed by atoms with E-state index < -0.39 is 0 Å². The van der Waals surface area contributed by atoms with Gasteiger partial charge in [-0.05, 0) is 45.6 Å². The predicted molar refractivity (Wildman–Crippen MR) is 127 cm³/mol. The number of carbonyl (C=O) groups excluding carboxylic acids is 1. The first-order valence-electron chi connectivity index (χ1n) is 10.4. The molecule has 1 aliphatic carbocycles. The molecule has 3 N–H and O–H groups in total. The van der Waals surface area contributed by atoms with E-state index in [1.165, 1.54) is 6.26 Å². The molecule has 8 heteroatoms. The number of halogens is 1. The Morgan fingerprint density at radius 1 is 1.28 bits per heavy atom. The van der Waals surface area contributed by atoms with E-state index in [-0.39, 0.29) is 35.3 Å². The summed E-state index contributed by atoms with van der Waals surface area (Å²) in [6.07, 6.45) is 5.83. The molecule has 1 aliphatic rings. The van der Waals surface area contributed by atoms with Gasteiger partial charge in [-0.25, -0.2) is 0 Å². The van der Waals surface area contributed by atoms with Gasteiger partial charge < -0.3 is 25.1 Å². The molecule has 0 saturated heterocycles. The average Bonchev–Trinajstić information content (AvgIpc) is 3.12. The van der Waals surface area contributed by atoms with Crippen LogP contribution in [0.4, 0.5) is 0 Å². The zero-order chi connectivity index (χ0) is 20.6. The molecule has 1 aromatic rings. The van der Waals surface area contributed by atoms with Crippen molar-refractivity contribution in [2.45, 2.75) is 65.5 Å². The van der Waals surface area contributed by atoms with Crippen LogP contribution in [0.2, 0.25) is 0 Å². The van der Waals surface area contributed by atoms with E-state index >= 15 is 0 Å². The minimum atomic E-state index is -0.169. The van der Waals surface area contributed by atoms with E-state index in [0.29, 0.717) is 24.5 Å². The highest BCUT2D eigenvalue weighted by Gasteiger charge is 2.53. The summed E-state index contributed by atoms with van der Waals surface area (Å²) in [6.45, 7) is 10.5. The highest BCUT2D eigenvalue weighted by Crippen LogP contribution is 2.48. The van der Waals surface area contributed by atoms with Crippen LogP contribution in [0, 0.1) is 12.3 Å². The maximum atomic E-state index is 12.0. The summed E-state index contributed by atoms with van der Waals surface area (Å²) in [6, 6.07) is 2.15. The lowest BCUT2D eigenvalue weighted by Crippen LogP contribution is -2.65. The molecule has 2 atom stereocenters. The largest absolute Gasteiger partial charge is 0.459 e. The third-order valence-electron chi connectivity index (χ3n) is 6.00. The summed E-state index contributed by atoms with van der Waals surface area (Å²) >= 11 is 0. The fourth-order valence-corrected chi connectivity index (χ4v) is 4.13. The standard InChI is InChI=1S/C21H36N4O3.HI/c1-6-21(7-2)16(14-17(21)27-8-3)25-20(22-5)24-12-9-11-23-19(26)18-15(4)10-13-28-18;/h10,13,16-17H,6-9,11-12,14H2,1-5H3,(H,23,26)(H2,22,24,25);1H. The minimum Gasteiger partial charge on any atom is -0.459 e. The van der Waals surface area contributed by atoms with Crippen LogP contribution in [0.3, 0.4) is 0 Å². The minimum absolute atomic E-state index is 0. The third-order valence-corrected chi connectivity index (χ3v) is 6.00. The normalized spacial score (nSPS) is 20.4. The molecule has 1 fully saturated rings. The zero-order valence-corrected chi connectivity index (χ0v) is 20.7. The number of hydrogen-bond donors (Lipinski definition) is 3. The molecular weight excluding hydrogens is 483 g/mol. The SMILES string of the molecule is CCOC1CC(NC(=NC)NCCCNC(=O)c2occc2C)C1(CC)CC.I. The number of nitrogens with zero attached hydrogens (tertiary/aromatic N) is 1. The lowest BCUT2D eigenvalue weighted by Gasteiger charge is -2.55. The van der Waals surface area contributed by atoms with Crippen LogP contribution < -0.4 is 16.0 Å². The molecule has 0 aromatic carbocycles. The number of furan rings is 1. The number of ether oxygens (including phenoxy) is 1. The van der Waals surface area contributed by atoms with E-state index in [9.17, 15) is 4.79 Å². The predicted octanol–water partition coefficient (Wildman–Crippen LogP) is 3.47. The Morgan fingerprint density at radius 3 is 2.52 bits per heavy atom. The van der Waals surface area contributed by atoms with Crippen LogP contribution in [-0.2, 0) is 4.74 Å². The van der Waals surface area contributed by atoms with Crippen molar-refractivity contribution in [2.75, 3.05) is 26.7 Å². The van der Waals surface area contributed by atoms with Gasteiger partial charge >= 0.3 is 0 Å². The van der Waals surface area contributed by atoms with Gasteiger partial charge in [-0.15, -0.1) is 24.0 Å². The van der Waals surface area contributed by atoms with Crippen molar-refractivity contribution < 1.29 is 13.9 Å². The smallest absolute Gasteiger partial charge is 0.287 e. The first-order valence-corrected chi connectivity index (χ1v) is 10.4. The van der Waals surface area contributed by atoms with Crippen molar-refractivity contribution >= 4 is 35.8 Å². The topological polar surface area (TPSA) is 87.9 Å². The Kier molecular flexibility index (Phi) is 11.0. The van der Waals surface area contributed by atoms with Crippen molar-refractivity contribution in [3.63, 3.8) is 0 Å². The Hall–Kier alpha value is -1.29. The van der Waals surface area contributed by atoms with Crippen LogP contribution in [0.5, 0.6) is 0 Å². The summed E-state index contributed by atoms with van der Waals surface area (Å²) < 4.78 is 11.1. The van der Waals surface area contributed by atoms with Crippen LogP contribution in [0.1, 0.15) is 62.6 Å². The van der Waals surface area contributed by atoms with Crippen LogP contribution in [-0.4, -0.2) is 50.8 Å². The summed E-state index contributed by atoms with van der Waals surface area (Å²) in [5.74, 6) is 1.02. The molecule has 1 saturated carbocycles. The number of aliphatic imine (C=N–C) groups is 1. The van der Waals surface area contributed by atoms with Crippen molar-refractivity contribution in [1.82, 2.24) is 16.0 Å². The van der Waals surface area contributed by atoms with E-state index in [4.69, 9.17) is 9.15 Å². The maximum Gasteiger partial charge on any atom is 0.287 e. The second kappa shape index (κ2) is 12.4. The number of hydrogen-bond acceptors (Lipinski definition) is 4. The molecule has 1 aromatic heterocycles. The van der Waals surface area contributed by atoms with Gasteiger partial charge in [0.25, 0.3) is 5.91 Å². The molecule has 0 spiro atoms. The fraction of sp³-hybridized carbons (Fsp3) is 0.714. The molecule has 0 aliphatic heterocycles. The highest BCUT2D eigenvalue weighted by atomic mass is 127. The number of guanidine groups is 1. The molecule has 166 valence electrons. The number of amides is 1. The molecular formula is C21H37IN4O3. The molecule has 7 nitrogen and oxygen atoms in total. The van der Waals surface area contributed by atoms with Gasteiger partial charge in [0.15, 0.2) is 11.7 Å². The van der Waals surface area contributed by atoms with Crippen molar-refractivity contribution in [2.24, 2.45) is 10.4 Å². The molecule has 29 heavy (non-hydrogen) atoms. The van der Waals surface area contributed by atoms with Gasteiger partial charge in [-0.2, -0.15) is 0 Å². The molecule has 0 radical (unpaired) electrons. The van der Waals surface area contributed by atoms with E-state index in [1.807, 2.05) is 6.92 Å². The molecule has 1 heterocycles. The second-order valence-corrected chi connectivity index (χ2v) is 7.36. The van der Waals surface area contributed by atoms with Gasteiger partial charge in [0.1, 0.15) is 0 Å².